The van der Waals surface area contributed by atoms with Crippen molar-refractivity contribution in [1.82, 2.24) is 9.88 Å². The molecule has 1 atom stereocenters. The van der Waals surface area contributed by atoms with Gasteiger partial charge in [0.1, 0.15) is 5.75 Å². The first-order valence-electron chi connectivity index (χ1n) is 7.05. The number of halogens is 1. The summed E-state index contributed by atoms with van der Waals surface area (Å²) in [7, 11) is 0. The normalized spacial score (nSPS) is 18.0. The maximum Gasteiger partial charge on any atom is 0.261 e. The third-order valence-corrected chi connectivity index (χ3v) is 4.26. The fraction of sp³-hybridized carbons (Fsp3) is 0.312. The Morgan fingerprint density at radius 1 is 1.33 bits per heavy atom. The molecule has 1 N–H and O–H groups in total. The summed E-state index contributed by atoms with van der Waals surface area (Å²) in [5.41, 5.74) is 1.10. The van der Waals surface area contributed by atoms with Gasteiger partial charge in [-0.15, -0.1) is 0 Å². The molecular formula is C16H17BrN2O2. The van der Waals surface area contributed by atoms with Crippen LogP contribution in [0.1, 0.15) is 24.6 Å². The molecule has 0 bridgehead atoms. The smallest absolute Gasteiger partial charge is 0.261 e. The Labute approximate surface area is 132 Å². The molecule has 1 saturated heterocycles. The molecular weight excluding hydrogens is 332 g/mol. The average molecular weight is 349 g/mol. The number of aromatic amines is 1. The summed E-state index contributed by atoms with van der Waals surface area (Å²) in [4.78, 5) is 17.5. The van der Waals surface area contributed by atoms with Gasteiger partial charge in [-0.25, -0.2) is 0 Å². The van der Waals surface area contributed by atoms with Gasteiger partial charge >= 0.3 is 0 Å². The maximum atomic E-state index is 12.4. The summed E-state index contributed by atoms with van der Waals surface area (Å²) in [6.07, 6.45) is 3.94. The van der Waals surface area contributed by atoms with Crippen molar-refractivity contribution in [3.63, 3.8) is 0 Å². The number of H-pyrrole nitrogens is 1. The first kappa shape index (κ1) is 14.2. The van der Waals surface area contributed by atoms with Gasteiger partial charge < -0.3 is 14.6 Å². The number of amides is 1. The largest absolute Gasteiger partial charge is 0.484 e. The van der Waals surface area contributed by atoms with Crippen molar-refractivity contribution >= 4 is 21.8 Å². The van der Waals surface area contributed by atoms with Gasteiger partial charge in [0.25, 0.3) is 5.91 Å². The summed E-state index contributed by atoms with van der Waals surface area (Å²) in [6.45, 7) is 0.880. The third-order valence-electron chi connectivity index (χ3n) is 3.73. The molecule has 1 unspecified atom stereocenters. The molecule has 2 heterocycles. The van der Waals surface area contributed by atoms with E-state index in [-0.39, 0.29) is 18.6 Å². The Bertz CT molecular complexity index is 595. The summed E-state index contributed by atoms with van der Waals surface area (Å²) in [5, 5.41) is 0. The summed E-state index contributed by atoms with van der Waals surface area (Å²) in [5.74, 6) is 0.747. The number of nitrogens with one attached hydrogen (secondary N) is 1. The lowest BCUT2D eigenvalue weighted by atomic mass is 10.1. The minimum Gasteiger partial charge on any atom is -0.484 e. The van der Waals surface area contributed by atoms with Gasteiger partial charge in [0.05, 0.1) is 6.04 Å². The molecule has 1 aliphatic rings. The molecule has 4 nitrogen and oxygen atoms in total. The monoisotopic (exact) mass is 348 g/mol. The van der Waals surface area contributed by atoms with Gasteiger partial charge in [0.2, 0.25) is 0 Å². The van der Waals surface area contributed by atoms with E-state index in [1.807, 2.05) is 47.5 Å². The van der Waals surface area contributed by atoms with Crippen LogP contribution >= 0.6 is 15.9 Å². The molecule has 2 aromatic rings. The molecule has 0 radical (unpaired) electrons. The third kappa shape index (κ3) is 3.29. The van der Waals surface area contributed by atoms with Gasteiger partial charge in [0, 0.05) is 22.9 Å². The molecule has 3 rings (SSSR count). The number of carbonyl (C=O) groups excluding carboxylic acids is 1. The highest BCUT2D eigenvalue weighted by molar-refractivity contribution is 9.10. The maximum absolute atomic E-state index is 12.4. The highest BCUT2D eigenvalue weighted by atomic mass is 79.9. The molecule has 1 fully saturated rings. The van der Waals surface area contributed by atoms with E-state index < -0.39 is 0 Å². The molecule has 1 amide bonds. The van der Waals surface area contributed by atoms with Crippen LogP contribution in [0.3, 0.4) is 0 Å². The van der Waals surface area contributed by atoms with E-state index in [2.05, 4.69) is 20.9 Å². The number of aromatic nitrogens is 1. The number of nitrogens with zero attached hydrogens (tertiary/aromatic N) is 1. The lowest BCUT2D eigenvalue weighted by Crippen LogP contribution is -2.34. The van der Waals surface area contributed by atoms with Crippen LogP contribution in [-0.2, 0) is 4.79 Å². The zero-order chi connectivity index (χ0) is 14.7. The number of hydrogen-bond donors (Lipinski definition) is 1. The molecule has 0 spiro atoms. The van der Waals surface area contributed by atoms with Crippen LogP contribution in [0.4, 0.5) is 0 Å². The van der Waals surface area contributed by atoms with Crippen molar-refractivity contribution in [2.75, 3.05) is 13.2 Å². The van der Waals surface area contributed by atoms with E-state index in [0.29, 0.717) is 5.75 Å². The average Bonchev–Trinajstić information content (AvgIpc) is 3.16. The highest BCUT2D eigenvalue weighted by Gasteiger charge is 2.30. The highest BCUT2D eigenvalue weighted by Crippen LogP contribution is 2.30. The first-order valence-corrected chi connectivity index (χ1v) is 7.84. The molecule has 0 saturated carbocycles. The van der Waals surface area contributed by atoms with E-state index in [1.165, 1.54) is 0 Å². The Morgan fingerprint density at radius 2 is 2.14 bits per heavy atom. The van der Waals surface area contributed by atoms with Gasteiger partial charge in [0.15, 0.2) is 6.61 Å². The minimum atomic E-state index is 0.0371. The van der Waals surface area contributed by atoms with Gasteiger partial charge in [-0.1, -0.05) is 15.9 Å². The SMILES string of the molecule is O=C(COc1ccc(Br)cc1)N1CCCC1c1ccc[nH]1. The Balaban J connectivity index is 1.61. The molecule has 1 aliphatic heterocycles. The van der Waals surface area contributed by atoms with Crippen LogP contribution in [0.15, 0.2) is 47.1 Å². The fourth-order valence-electron chi connectivity index (χ4n) is 2.70. The van der Waals surface area contributed by atoms with Crippen LogP contribution in [-0.4, -0.2) is 28.9 Å². The van der Waals surface area contributed by atoms with Crippen LogP contribution in [0.25, 0.3) is 0 Å². The Morgan fingerprint density at radius 3 is 2.86 bits per heavy atom. The predicted octanol–water partition coefficient (Wildman–Crippen LogP) is 3.52. The number of ether oxygens (including phenoxy) is 1. The quantitative estimate of drug-likeness (QED) is 0.918. The molecule has 110 valence electrons. The molecule has 1 aromatic carbocycles. The number of carbonyl (C=O) groups is 1. The lowest BCUT2D eigenvalue weighted by Gasteiger charge is -2.24. The Kier molecular flexibility index (Phi) is 4.29. The van der Waals surface area contributed by atoms with Crippen molar-refractivity contribution < 1.29 is 9.53 Å². The van der Waals surface area contributed by atoms with Crippen LogP contribution in [0.2, 0.25) is 0 Å². The van der Waals surface area contributed by atoms with Crippen molar-refractivity contribution in [2.24, 2.45) is 0 Å². The zero-order valence-electron chi connectivity index (χ0n) is 11.6. The molecule has 5 heteroatoms. The van der Waals surface area contributed by atoms with E-state index in [9.17, 15) is 4.79 Å². The second-order valence-corrected chi connectivity index (χ2v) is 6.03. The van der Waals surface area contributed by atoms with Crippen LogP contribution < -0.4 is 4.74 Å². The van der Waals surface area contributed by atoms with Crippen molar-refractivity contribution in [3.05, 3.63) is 52.8 Å². The van der Waals surface area contributed by atoms with Gasteiger partial charge in [-0.3, -0.25) is 4.79 Å². The standard InChI is InChI=1S/C16H17BrN2O2/c17-12-5-7-13(8-6-12)21-11-16(20)19-10-2-4-15(19)14-3-1-9-18-14/h1,3,5-9,15,18H,2,4,10-11H2. The summed E-state index contributed by atoms with van der Waals surface area (Å²) in [6, 6.07) is 11.7. The van der Waals surface area contributed by atoms with Crippen LogP contribution in [0, 0.1) is 0 Å². The summed E-state index contributed by atoms with van der Waals surface area (Å²) >= 11 is 3.38. The summed E-state index contributed by atoms with van der Waals surface area (Å²) < 4.78 is 6.57. The zero-order valence-corrected chi connectivity index (χ0v) is 13.2. The number of rotatable bonds is 4. The number of likely N-dealkylation sites (tertiary alicyclic amines) is 1. The fourth-order valence-corrected chi connectivity index (χ4v) is 2.96. The van der Waals surface area contributed by atoms with E-state index in [4.69, 9.17) is 4.74 Å². The van der Waals surface area contributed by atoms with Crippen LogP contribution in [0.5, 0.6) is 5.75 Å². The lowest BCUT2D eigenvalue weighted by molar-refractivity contribution is -0.134. The minimum absolute atomic E-state index is 0.0371. The van der Waals surface area contributed by atoms with Gasteiger partial charge in [-0.2, -0.15) is 0 Å². The van der Waals surface area contributed by atoms with Crippen molar-refractivity contribution in [3.8, 4) is 5.75 Å². The number of hydrogen-bond acceptors (Lipinski definition) is 2. The van der Waals surface area contributed by atoms with Gasteiger partial charge in [-0.05, 0) is 49.2 Å². The second-order valence-electron chi connectivity index (χ2n) is 5.11. The van der Waals surface area contributed by atoms with Crippen molar-refractivity contribution in [1.29, 1.82) is 0 Å². The first-order chi connectivity index (χ1) is 10.2. The Hall–Kier alpha value is -1.75. The van der Waals surface area contributed by atoms with Crippen molar-refractivity contribution in [2.45, 2.75) is 18.9 Å². The molecule has 0 aliphatic carbocycles. The number of benzene rings is 1. The van der Waals surface area contributed by atoms with E-state index >= 15 is 0 Å². The second kappa shape index (κ2) is 6.35. The molecule has 1 aromatic heterocycles. The topological polar surface area (TPSA) is 45.3 Å². The van der Waals surface area contributed by atoms with E-state index in [1.54, 1.807) is 0 Å². The van der Waals surface area contributed by atoms with E-state index in [0.717, 1.165) is 29.6 Å². The predicted molar refractivity (Wildman–Crippen MR) is 84.1 cm³/mol. The molecule has 21 heavy (non-hydrogen) atoms.